The molecule has 1 unspecified atom stereocenters. The minimum atomic E-state index is -0.592. The number of carbonyl (C=O) groups is 1. The van der Waals surface area contributed by atoms with Crippen molar-refractivity contribution in [2.75, 3.05) is 19.7 Å². The summed E-state index contributed by atoms with van der Waals surface area (Å²) in [5.41, 5.74) is 0.974. The van der Waals surface area contributed by atoms with Crippen molar-refractivity contribution in [2.24, 2.45) is 0 Å². The first-order valence-corrected chi connectivity index (χ1v) is 7.86. The van der Waals surface area contributed by atoms with Crippen molar-refractivity contribution in [1.29, 1.82) is 0 Å². The van der Waals surface area contributed by atoms with E-state index < -0.39 is 5.82 Å². The molecular weight excluding hydrogens is 313 g/mol. The second-order valence-electron chi connectivity index (χ2n) is 4.76. The van der Waals surface area contributed by atoms with Crippen LogP contribution in [0.3, 0.4) is 0 Å². The number of amides is 1. The summed E-state index contributed by atoms with van der Waals surface area (Å²) in [6.45, 7) is 1.27. The van der Waals surface area contributed by atoms with E-state index in [-0.39, 0.29) is 22.6 Å². The lowest BCUT2D eigenvalue weighted by Crippen LogP contribution is -2.42. The van der Waals surface area contributed by atoms with Crippen LogP contribution in [0.1, 0.15) is 22.0 Å². The fourth-order valence-electron chi connectivity index (χ4n) is 2.35. The quantitative estimate of drug-likeness (QED) is 0.841. The third-order valence-electron chi connectivity index (χ3n) is 3.45. The Bertz CT molecular complexity index is 627. The second kappa shape index (κ2) is 6.13. The van der Waals surface area contributed by atoms with Crippen molar-refractivity contribution < 1.29 is 13.9 Å². The Morgan fingerprint density at radius 1 is 1.43 bits per heavy atom. The molecule has 3 nitrogen and oxygen atoms in total. The molecule has 21 heavy (non-hydrogen) atoms. The Kier molecular flexibility index (Phi) is 4.24. The number of halogens is 2. The van der Waals surface area contributed by atoms with Gasteiger partial charge in [0.2, 0.25) is 0 Å². The number of ether oxygens (including phenoxy) is 1. The molecule has 1 saturated heterocycles. The van der Waals surface area contributed by atoms with Crippen LogP contribution in [-0.4, -0.2) is 30.5 Å². The molecule has 1 aromatic carbocycles. The SMILES string of the molecule is O=C(c1c(F)cccc1Cl)N1CCOC(c2ccsc2)C1. The van der Waals surface area contributed by atoms with Crippen LogP contribution >= 0.6 is 22.9 Å². The minimum absolute atomic E-state index is 0.0647. The van der Waals surface area contributed by atoms with E-state index in [2.05, 4.69) is 0 Å². The second-order valence-corrected chi connectivity index (χ2v) is 5.95. The van der Waals surface area contributed by atoms with Crippen molar-refractivity contribution in [1.82, 2.24) is 4.90 Å². The van der Waals surface area contributed by atoms with Gasteiger partial charge >= 0.3 is 0 Å². The van der Waals surface area contributed by atoms with E-state index in [1.54, 1.807) is 16.2 Å². The molecule has 0 N–H and O–H groups in total. The number of hydrogen-bond donors (Lipinski definition) is 0. The molecule has 0 saturated carbocycles. The fraction of sp³-hybridized carbons (Fsp3) is 0.267. The van der Waals surface area contributed by atoms with Gasteiger partial charge in [-0.05, 0) is 34.5 Å². The van der Waals surface area contributed by atoms with Crippen LogP contribution in [-0.2, 0) is 4.74 Å². The van der Waals surface area contributed by atoms with Crippen molar-refractivity contribution in [3.05, 3.63) is 57.0 Å². The Labute approximate surface area is 130 Å². The van der Waals surface area contributed by atoms with Gasteiger partial charge in [-0.3, -0.25) is 4.79 Å². The number of hydrogen-bond acceptors (Lipinski definition) is 3. The van der Waals surface area contributed by atoms with Crippen LogP contribution in [0.15, 0.2) is 35.0 Å². The van der Waals surface area contributed by atoms with Crippen LogP contribution in [0.25, 0.3) is 0 Å². The molecule has 1 fully saturated rings. The summed E-state index contributed by atoms with van der Waals surface area (Å²) in [4.78, 5) is 14.1. The molecule has 1 aromatic heterocycles. The molecule has 0 radical (unpaired) electrons. The van der Waals surface area contributed by atoms with Gasteiger partial charge in [0.25, 0.3) is 5.91 Å². The smallest absolute Gasteiger partial charge is 0.258 e. The number of morpholine rings is 1. The highest BCUT2D eigenvalue weighted by Crippen LogP contribution is 2.27. The molecule has 1 atom stereocenters. The molecule has 6 heteroatoms. The van der Waals surface area contributed by atoms with Crippen LogP contribution in [0, 0.1) is 5.82 Å². The Morgan fingerprint density at radius 3 is 3.00 bits per heavy atom. The normalized spacial score (nSPS) is 18.8. The largest absolute Gasteiger partial charge is 0.370 e. The molecule has 110 valence electrons. The zero-order chi connectivity index (χ0) is 14.8. The molecule has 3 rings (SSSR count). The van der Waals surface area contributed by atoms with Gasteiger partial charge in [0.15, 0.2) is 0 Å². The summed E-state index contributed by atoms with van der Waals surface area (Å²) in [5.74, 6) is -0.979. The predicted octanol–water partition coefficient (Wildman–Crippen LogP) is 3.75. The van der Waals surface area contributed by atoms with Crippen molar-refractivity contribution in [3.8, 4) is 0 Å². The lowest BCUT2D eigenvalue weighted by atomic mass is 10.1. The Balaban J connectivity index is 1.82. The van der Waals surface area contributed by atoms with Gasteiger partial charge in [-0.2, -0.15) is 11.3 Å². The van der Waals surface area contributed by atoms with Crippen molar-refractivity contribution in [2.45, 2.75) is 6.10 Å². The first kappa shape index (κ1) is 14.5. The molecule has 0 spiro atoms. The zero-order valence-electron chi connectivity index (χ0n) is 11.1. The molecule has 0 aliphatic carbocycles. The molecule has 1 aliphatic rings. The monoisotopic (exact) mass is 325 g/mol. The van der Waals surface area contributed by atoms with E-state index in [4.69, 9.17) is 16.3 Å². The first-order chi connectivity index (χ1) is 10.2. The molecule has 0 bridgehead atoms. The van der Waals surface area contributed by atoms with Crippen LogP contribution in [0.4, 0.5) is 4.39 Å². The van der Waals surface area contributed by atoms with E-state index in [0.717, 1.165) is 5.56 Å². The third-order valence-corrected chi connectivity index (χ3v) is 4.46. The van der Waals surface area contributed by atoms with E-state index in [1.807, 2.05) is 16.8 Å². The number of carbonyl (C=O) groups excluding carboxylic acids is 1. The summed E-state index contributed by atoms with van der Waals surface area (Å²) in [5, 5.41) is 4.10. The molecular formula is C15H13ClFNO2S. The standard InChI is InChI=1S/C15H13ClFNO2S/c16-11-2-1-3-12(17)14(11)15(19)18-5-6-20-13(8-18)10-4-7-21-9-10/h1-4,7,9,13H,5-6,8H2. The summed E-state index contributed by atoms with van der Waals surface area (Å²) in [6, 6.07) is 6.23. The Hall–Kier alpha value is -1.43. The number of benzene rings is 1. The summed E-state index contributed by atoms with van der Waals surface area (Å²) in [7, 11) is 0. The highest BCUT2D eigenvalue weighted by atomic mass is 35.5. The number of nitrogens with zero attached hydrogens (tertiary/aromatic N) is 1. The molecule has 1 amide bonds. The van der Waals surface area contributed by atoms with Crippen molar-refractivity contribution in [3.63, 3.8) is 0 Å². The Morgan fingerprint density at radius 2 is 2.29 bits per heavy atom. The number of thiophene rings is 1. The van der Waals surface area contributed by atoms with Gasteiger partial charge in [-0.15, -0.1) is 0 Å². The predicted molar refractivity (Wildman–Crippen MR) is 80.3 cm³/mol. The maximum Gasteiger partial charge on any atom is 0.258 e. The van der Waals surface area contributed by atoms with Crippen molar-refractivity contribution >= 4 is 28.8 Å². The van der Waals surface area contributed by atoms with Gasteiger partial charge in [0.05, 0.1) is 23.7 Å². The summed E-state index contributed by atoms with van der Waals surface area (Å²) >= 11 is 7.54. The number of rotatable bonds is 2. The molecule has 2 heterocycles. The fourth-order valence-corrected chi connectivity index (χ4v) is 3.30. The highest BCUT2D eigenvalue weighted by molar-refractivity contribution is 7.07. The van der Waals surface area contributed by atoms with Crippen LogP contribution in [0.5, 0.6) is 0 Å². The van der Waals surface area contributed by atoms with Gasteiger partial charge in [-0.1, -0.05) is 17.7 Å². The maximum atomic E-state index is 13.9. The topological polar surface area (TPSA) is 29.5 Å². The van der Waals surface area contributed by atoms with Crippen LogP contribution < -0.4 is 0 Å². The average molecular weight is 326 g/mol. The van der Waals surface area contributed by atoms with E-state index in [1.165, 1.54) is 18.2 Å². The summed E-state index contributed by atoms with van der Waals surface area (Å²) in [6.07, 6.45) is -0.167. The average Bonchev–Trinajstić information content (AvgIpc) is 3.01. The zero-order valence-corrected chi connectivity index (χ0v) is 12.7. The molecule has 2 aromatic rings. The van der Waals surface area contributed by atoms with Gasteiger partial charge in [0, 0.05) is 6.54 Å². The minimum Gasteiger partial charge on any atom is -0.370 e. The maximum absolute atomic E-state index is 13.9. The van der Waals surface area contributed by atoms with E-state index in [9.17, 15) is 9.18 Å². The van der Waals surface area contributed by atoms with Gasteiger partial charge in [-0.25, -0.2) is 4.39 Å². The lowest BCUT2D eigenvalue weighted by Gasteiger charge is -2.33. The molecule has 1 aliphatic heterocycles. The van der Waals surface area contributed by atoms with Gasteiger partial charge in [0.1, 0.15) is 11.9 Å². The highest BCUT2D eigenvalue weighted by Gasteiger charge is 2.28. The van der Waals surface area contributed by atoms with Crippen LogP contribution in [0.2, 0.25) is 5.02 Å². The first-order valence-electron chi connectivity index (χ1n) is 6.54. The van der Waals surface area contributed by atoms with E-state index >= 15 is 0 Å². The summed E-state index contributed by atoms with van der Waals surface area (Å²) < 4.78 is 19.5. The van der Waals surface area contributed by atoms with Gasteiger partial charge < -0.3 is 9.64 Å². The van der Waals surface area contributed by atoms with E-state index in [0.29, 0.717) is 19.7 Å². The third kappa shape index (κ3) is 2.95. The lowest BCUT2D eigenvalue weighted by molar-refractivity contribution is -0.0227.